The summed E-state index contributed by atoms with van der Waals surface area (Å²) in [6, 6.07) is 0. The van der Waals surface area contributed by atoms with Gasteiger partial charge in [0, 0.05) is 18.7 Å². The van der Waals surface area contributed by atoms with Crippen LogP contribution in [0.15, 0.2) is 12.2 Å². The van der Waals surface area contributed by atoms with Gasteiger partial charge in [-0.1, -0.05) is 0 Å². The van der Waals surface area contributed by atoms with Crippen LogP contribution in [0.4, 0.5) is 0 Å². The number of carbonyl (C=O) groups excluding carboxylic acids is 3. The molecule has 0 spiro atoms. The molecule has 0 aromatic carbocycles. The Hall–Kier alpha value is -1.93. The van der Waals surface area contributed by atoms with Crippen LogP contribution in [0.5, 0.6) is 0 Å². The quantitative estimate of drug-likeness (QED) is 0.212. The van der Waals surface area contributed by atoms with Crippen molar-refractivity contribution in [1.29, 1.82) is 0 Å². The summed E-state index contributed by atoms with van der Waals surface area (Å²) in [5.41, 5.74) is 0. The van der Waals surface area contributed by atoms with Gasteiger partial charge in [-0.05, 0) is 12.8 Å². The van der Waals surface area contributed by atoms with Crippen molar-refractivity contribution in [2.45, 2.75) is 19.1 Å². The number of hydrogen-bond acceptors (Lipinski definition) is 7. The number of aliphatic hydroxyl groups is 2. The molecule has 8 heteroatoms. The van der Waals surface area contributed by atoms with E-state index in [0.29, 0.717) is 6.42 Å². The van der Waals surface area contributed by atoms with Crippen LogP contribution in [0.2, 0.25) is 0 Å². The molecule has 1 amide bonds. The third-order valence-electron chi connectivity index (χ3n) is 1.86. The lowest BCUT2D eigenvalue weighted by Crippen LogP contribution is -2.29. The van der Waals surface area contributed by atoms with Gasteiger partial charge >= 0.3 is 11.9 Å². The summed E-state index contributed by atoms with van der Waals surface area (Å²) in [6.07, 6.45) is 0.851. The van der Waals surface area contributed by atoms with Crippen LogP contribution in [0.1, 0.15) is 12.8 Å². The van der Waals surface area contributed by atoms with E-state index in [9.17, 15) is 14.4 Å². The molecular formula is C11H17NO7. The Morgan fingerprint density at radius 2 is 1.84 bits per heavy atom. The lowest BCUT2D eigenvalue weighted by molar-refractivity contribution is -0.144. The molecule has 0 rings (SSSR count). The average molecular weight is 275 g/mol. The van der Waals surface area contributed by atoms with E-state index in [1.165, 1.54) is 0 Å². The smallest absolute Gasteiger partial charge is 0.331 e. The minimum absolute atomic E-state index is 0.141. The maximum Gasteiger partial charge on any atom is 0.331 e. The predicted octanol–water partition coefficient (Wildman–Crippen LogP) is -1.53. The minimum atomic E-state index is -1.40. The molecule has 0 aromatic rings. The molecule has 0 aromatic heterocycles. The molecule has 8 nitrogen and oxygen atoms in total. The second kappa shape index (κ2) is 10.0. The molecule has 0 aliphatic rings. The van der Waals surface area contributed by atoms with Crippen LogP contribution in [0.25, 0.3) is 0 Å². The maximum absolute atomic E-state index is 11.2. The topological polar surface area (TPSA) is 122 Å². The zero-order chi connectivity index (χ0) is 14.7. The highest BCUT2D eigenvalue weighted by Gasteiger charge is 2.05. The fourth-order valence-electron chi connectivity index (χ4n) is 0.952. The zero-order valence-electron chi connectivity index (χ0n) is 10.5. The van der Waals surface area contributed by atoms with Gasteiger partial charge in [0.2, 0.25) is 0 Å². The van der Waals surface area contributed by atoms with Gasteiger partial charge in [-0.2, -0.15) is 0 Å². The Bertz CT molecular complexity index is 338. The number of nitrogens with one attached hydrogen (secondary N) is 1. The van der Waals surface area contributed by atoms with E-state index in [-0.39, 0.29) is 13.0 Å². The number of hydrogen-bond donors (Lipinski definition) is 3. The number of esters is 2. The van der Waals surface area contributed by atoms with Gasteiger partial charge < -0.3 is 25.0 Å². The van der Waals surface area contributed by atoms with E-state index in [1.54, 1.807) is 0 Å². The Kier molecular flexibility index (Phi) is 9.02. The molecule has 0 radical (unpaired) electrons. The normalized spacial score (nSPS) is 10.5. The fraction of sp³-hybridized carbons (Fsp3) is 0.545. The molecule has 0 fully saturated rings. The molecule has 19 heavy (non-hydrogen) atoms. The van der Waals surface area contributed by atoms with Crippen molar-refractivity contribution in [3.05, 3.63) is 12.2 Å². The molecule has 0 bridgehead atoms. The summed E-state index contributed by atoms with van der Waals surface area (Å²) in [5, 5.41) is 19.5. The van der Waals surface area contributed by atoms with Crippen LogP contribution >= 0.6 is 0 Å². The summed E-state index contributed by atoms with van der Waals surface area (Å²) < 4.78 is 8.79. The molecular weight excluding hydrogens is 258 g/mol. The van der Waals surface area contributed by atoms with Crippen molar-refractivity contribution in [2.75, 3.05) is 20.3 Å². The monoisotopic (exact) mass is 275 g/mol. The summed E-state index contributed by atoms with van der Waals surface area (Å²) >= 11 is 0. The third-order valence-corrected chi connectivity index (χ3v) is 1.86. The van der Waals surface area contributed by atoms with Crippen LogP contribution in [-0.2, 0) is 23.9 Å². The largest absolute Gasteiger partial charge is 0.466 e. The first kappa shape index (κ1) is 17.1. The number of methoxy groups -OCH3 is 1. The van der Waals surface area contributed by atoms with Gasteiger partial charge in [0.25, 0.3) is 5.91 Å². The Labute approximate surface area is 110 Å². The standard InChI is InChI=1S/C11H17NO7/c1-18-10(16)4-5-11(17)19-7-8(13)12-6-2-3-9(14)15/h4-5,9,14-15H,2-3,6-7H2,1H3,(H,12,13). The minimum Gasteiger partial charge on any atom is -0.466 e. The average Bonchev–Trinajstić information content (AvgIpc) is 2.38. The van der Waals surface area contributed by atoms with E-state index in [2.05, 4.69) is 14.8 Å². The molecule has 0 aliphatic carbocycles. The van der Waals surface area contributed by atoms with E-state index in [0.717, 1.165) is 19.3 Å². The summed E-state index contributed by atoms with van der Waals surface area (Å²) in [6.45, 7) is -0.238. The first-order valence-corrected chi connectivity index (χ1v) is 5.51. The summed E-state index contributed by atoms with van der Waals surface area (Å²) in [4.78, 5) is 32.8. The summed E-state index contributed by atoms with van der Waals surface area (Å²) in [7, 11) is 1.16. The molecule has 0 aliphatic heterocycles. The zero-order valence-corrected chi connectivity index (χ0v) is 10.5. The Morgan fingerprint density at radius 1 is 1.21 bits per heavy atom. The Balaban J connectivity index is 3.70. The fourth-order valence-corrected chi connectivity index (χ4v) is 0.952. The maximum atomic E-state index is 11.2. The highest BCUT2D eigenvalue weighted by molar-refractivity contribution is 5.92. The van der Waals surface area contributed by atoms with Gasteiger partial charge in [0.1, 0.15) is 0 Å². The second-order valence-electron chi connectivity index (χ2n) is 3.44. The SMILES string of the molecule is COC(=O)C=CC(=O)OCC(=O)NCCCC(O)O. The number of rotatable bonds is 8. The van der Waals surface area contributed by atoms with Crippen LogP contribution in [-0.4, -0.2) is 54.6 Å². The van der Waals surface area contributed by atoms with Crippen molar-refractivity contribution in [3.8, 4) is 0 Å². The van der Waals surface area contributed by atoms with Crippen LogP contribution in [0, 0.1) is 0 Å². The third kappa shape index (κ3) is 10.9. The van der Waals surface area contributed by atoms with Crippen molar-refractivity contribution in [2.24, 2.45) is 0 Å². The molecule has 108 valence electrons. The van der Waals surface area contributed by atoms with Gasteiger partial charge in [0.05, 0.1) is 7.11 Å². The molecule has 0 saturated carbocycles. The molecule has 0 atom stereocenters. The lowest BCUT2D eigenvalue weighted by atomic mass is 10.3. The first-order valence-electron chi connectivity index (χ1n) is 5.51. The van der Waals surface area contributed by atoms with Crippen LogP contribution < -0.4 is 5.32 Å². The number of ether oxygens (including phenoxy) is 2. The van der Waals surface area contributed by atoms with Crippen molar-refractivity contribution in [3.63, 3.8) is 0 Å². The van der Waals surface area contributed by atoms with Crippen molar-refractivity contribution >= 4 is 17.8 Å². The van der Waals surface area contributed by atoms with Crippen molar-refractivity contribution < 1.29 is 34.1 Å². The summed E-state index contributed by atoms with van der Waals surface area (Å²) in [5.74, 6) is -2.07. The number of carbonyl (C=O) groups is 3. The van der Waals surface area contributed by atoms with Gasteiger partial charge in [-0.3, -0.25) is 4.79 Å². The molecule has 0 saturated heterocycles. The number of amides is 1. The van der Waals surface area contributed by atoms with Gasteiger partial charge in [-0.15, -0.1) is 0 Å². The highest BCUT2D eigenvalue weighted by atomic mass is 16.5. The first-order chi connectivity index (χ1) is 8.95. The van der Waals surface area contributed by atoms with Gasteiger partial charge in [0.15, 0.2) is 12.9 Å². The Morgan fingerprint density at radius 3 is 2.42 bits per heavy atom. The number of aliphatic hydroxyl groups excluding tert-OH is 1. The highest BCUT2D eigenvalue weighted by Crippen LogP contribution is 1.91. The van der Waals surface area contributed by atoms with E-state index in [4.69, 9.17) is 10.2 Å². The van der Waals surface area contributed by atoms with Crippen LogP contribution in [0.3, 0.4) is 0 Å². The van der Waals surface area contributed by atoms with Crippen molar-refractivity contribution in [1.82, 2.24) is 5.32 Å². The lowest BCUT2D eigenvalue weighted by Gasteiger charge is -2.06. The molecule has 3 N–H and O–H groups in total. The second-order valence-corrected chi connectivity index (χ2v) is 3.44. The van der Waals surface area contributed by atoms with Gasteiger partial charge in [-0.25, -0.2) is 9.59 Å². The van der Waals surface area contributed by atoms with E-state index < -0.39 is 30.7 Å². The predicted molar refractivity (Wildman–Crippen MR) is 62.6 cm³/mol. The molecule has 0 heterocycles. The van der Waals surface area contributed by atoms with E-state index in [1.807, 2.05) is 0 Å². The van der Waals surface area contributed by atoms with E-state index >= 15 is 0 Å². The molecule has 0 unspecified atom stereocenters.